The molecule has 2 N–H and O–H groups in total. The third-order valence-electron chi connectivity index (χ3n) is 2.97. The quantitative estimate of drug-likeness (QED) is 0.808. The number of amides is 2. The van der Waals surface area contributed by atoms with Crippen LogP contribution in [-0.2, 0) is 4.79 Å². The van der Waals surface area contributed by atoms with E-state index in [9.17, 15) is 14.7 Å². The molecule has 0 unspecified atom stereocenters. The highest BCUT2D eigenvalue weighted by atomic mass is 16.5. The molecule has 0 bridgehead atoms. The molecule has 0 saturated carbocycles. The second-order valence-corrected chi connectivity index (χ2v) is 4.32. The first-order chi connectivity index (χ1) is 9.11. The number of hydrogen-bond acceptors (Lipinski definition) is 4. The van der Waals surface area contributed by atoms with Gasteiger partial charge in [-0.25, -0.2) is 0 Å². The Morgan fingerprint density at radius 2 is 2.26 bits per heavy atom. The number of aromatic hydroxyl groups is 1. The Morgan fingerprint density at radius 1 is 1.47 bits per heavy atom. The average Bonchev–Trinajstić information content (AvgIpc) is 2.62. The maximum Gasteiger partial charge on any atom is 0.254 e. The summed E-state index contributed by atoms with van der Waals surface area (Å²) in [5, 5.41) is 12.4. The fourth-order valence-electron chi connectivity index (χ4n) is 1.98. The molecule has 0 spiro atoms. The third kappa shape index (κ3) is 2.96. The summed E-state index contributed by atoms with van der Waals surface area (Å²) in [6, 6.07) is 4.45. The first-order valence-corrected chi connectivity index (χ1v) is 6.05. The maximum absolute atomic E-state index is 12.2. The number of phenols is 1. The van der Waals surface area contributed by atoms with Crippen LogP contribution in [0.25, 0.3) is 0 Å². The molecule has 0 atom stereocenters. The summed E-state index contributed by atoms with van der Waals surface area (Å²) in [5.41, 5.74) is 0.341. The van der Waals surface area contributed by atoms with Gasteiger partial charge in [0.25, 0.3) is 5.91 Å². The Labute approximate surface area is 111 Å². The van der Waals surface area contributed by atoms with Crippen LogP contribution in [0, 0.1) is 0 Å². The minimum Gasteiger partial charge on any atom is -0.504 e. The van der Waals surface area contributed by atoms with Gasteiger partial charge in [-0.3, -0.25) is 9.59 Å². The van der Waals surface area contributed by atoms with E-state index in [4.69, 9.17) is 4.74 Å². The van der Waals surface area contributed by atoms with Gasteiger partial charge in [0.1, 0.15) is 0 Å². The fraction of sp³-hybridized carbons (Fsp3) is 0.385. The minimum atomic E-state index is -0.269. The molecule has 1 aliphatic heterocycles. The molecule has 0 aromatic heterocycles. The highest BCUT2D eigenvalue weighted by Gasteiger charge is 2.21. The molecule has 2 rings (SSSR count). The molecule has 2 amide bonds. The molecule has 1 aromatic carbocycles. The smallest absolute Gasteiger partial charge is 0.254 e. The van der Waals surface area contributed by atoms with Crippen molar-refractivity contribution in [2.75, 3.05) is 26.7 Å². The molecule has 6 nitrogen and oxygen atoms in total. The number of carbonyl (C=O) groups excluding carboxylic acids is 2. The van der Waals surface area contributed by atoms with Gasteiger partial charge in [0.15, 0.2) is 11.5 Å². The molecule has 1 aliphatic rings. The zero-order valence-corrected chi connectivity index (χ0v) is 10.7. The number of phenolic OH excluding ortho intramolecular Hbond substituents is 1. The van der Waals surface area contributed by atoms with Crippen molar-refractivity contribution >= 4 is 11.8 Å². The molecule has 6 heteroatoms. The molecule has 1 fully saturated rings. The number of benzene rings is 1. The van der Waals surface area contributed by atoms with E-state index in [0.29, 0.717) is 24.4 Å². The highest BCUT2D eigenvalue weighted by Crippen LogP contribution is 2.26. The lowest BCUT2D eigenvalue weighted by molar-refractivity contribution is -0.121. The summed E-state index contributed by atoms with van der Waals surface area (Å²) in [5.74, 6) is -0.212. The van der Waals surface area contributed by atoms with Crippen molar-refractivity contribution in [3.05, 3.63) is 23.8 Å². The van der Waals surface area contributed by atoms with E-state index in [2.05, 4.69) is 5.32 Å². The Hall–Kier alpha value is -2.24. The topological polar surface area (TPSA) is 78.9 Å². The average molecular weight is 264 g/mol. The number of nitrogens with zero attached hydrogens (tertiary/aromatic N) is 1. The number of hydrogen-bond donors (Lipinski definition) is 2. The van der Waals surface area contributed by atoms with Crippen LogP contribution < -0.4 is 10.1 Å². The van der Waals surface area contributed by atoms with Crippen LogP contribution in [0.5, 0.6) is 11.5 Å². The Bertz CT molecular complexity index is 501. The number of rotatable bonds is 2. The Balaban J connectivity index is 2.18. The van der Waals surface area contributed by atoms with Crippen molar-refractivity contribution < 1.29 is 19.4 Å². The van der Waals surface area contributed by atoms with Crippen LogP contribution in [0.4, 0.5) is 0 Å². The van der Waals surface area contributed by atoms with Crippen LogP contribution in [0.15, 0.2) is 18.2 Å². The van der Waals surface area contributed by atoms with Crippen LogP contribution in [-0.4, -0.2) is 48.6 Å². The fourth-order valence-corrected chi connectivity index (χ4v) is 1.98. The van der Waals surface area contributed by atoms with Crippen molar-refractivity contribution in [2.24, 2.45) is 0 Å². The molecule has 1 aromatic rings. The van der Waals surface area contributed by atoms with E-state index in [-0.39, 0.29) is 24.1 Å². The van der Waals surface area contributed by atoms with Gasteiger partial charge < -0.3 is 20.1 Å². The van der Waals surface area contributed by atoms with Crippen molar-refractivity contribution in [3.63, 3.8) is 0 Å². The van der Waals surface area contributed by atoms with Gasteiger partial charge in [-0.05, 0) is 24.6 Å². The van der Waals surface area contributed by atoms with Gasteiger partial charge in [0.05, 0.1) is 13.7 Å². The van der Waals surface area contributed by atoms with Gasteiger partial charge in [-0.15, -0.1) is 0 Å². The van der Waals surface area contributed by atoms with Gasteiger partial charge in [-0.1, -0.05) is 0 Å². The van der Waals surface area contributed by atoms with E-state index >= 15 is 0 Å². The highest BCUT2D eigenvalue weighted by molar-refractivity contribution is 5.97. The van der Waals surface area contributed by atoms with E-state index in [0.717, 1.165) is 6.42 Å². The Kier molecular flexibility index (Phi) is 3.89. The van der Waals surface area contributed by atoms with Crippen molar-refractivity contribution in [3.8, 4) is 11.5 Å². The van der Waals surface area contributed by atoms with E-state index in [1.807, 2.05) is 0 Å². The summed E-state index contributed by atoms with van der Waals surface area (Å²) in [6.45, 7) is 1.15. The van der Waals surface area contributed by atoms with Gasteiger partial charge in [0, 0.05) is 18.7 Å². The standard InChI is InChI=1S/C13H16N2O4/c1-19-11-4-3-9(7-10(11)16)13(18)15-6-2-5-14-12(17)8-15/h3-4,7,16H,2,5-6,8H2,1H3,(H,14,17). The molecule has 0 aliphatic carbocycles. The second-order valence-electron chi connectivity index (χ2n) is 4.32. The first kappa shape index (κ1) is 13.2. The molecule has 19 heavy (non-hydrogen) atoms. The summed E-state index contributed by atoms with van der Waals surface area (Å²) in [7, 11) is 1.44. The van der Waals surface area contributed by atoms with Crippen molar-refractivity contribution in [2.45, 2.75) is 6.42 Å². The van der Waals surface area contributed by atoms with Crippen LogP contribution >= 0.6 is 0 Å². The van der Waals surface area contributed by atoms with Crippen molar-refractivity contribution in [1.29, 1.82) is 0 Å². The Morgan fingerprint density at radius 3 is 2.95 bits per heavy atom. The third-order valence-corrected chi connectivity index (χ3v) is 2.97. The number of ether oxygens (including phenoxy) is 1. The predicted molar refractivity (Wildman–Crippen MR) is 68.2 cm³/mol. The molecular formula is C13H16N2O4. The van der Waals surface area contributed by atoms with Gasteiger partial charge in [0.2, 0.25) is 5.91 Å². The van der Waals surface area contributed by atoms with Crippen LogP contribution in [0.1, 0.15) is 16.8 Å². The molecule has 1 heterocycles. The van der Waals surface area contributed by atoms with Gasteiger partial charge in [-0.2, -0.15) is 0 Å². The zero-order valence-electron chi connectivity index (χ0n) is 10.7. The monoisotopic (exact) mass is 264 g/mol. The number of methoxy groups -OCH3 is 1. The lowest BCUT2D eigenvalue weighted by atomic mass is 10.1. The van der Waals surface area contributed by atoms with E-state index in [1.54, 1.807) is 6.07 Å². The summed E-state index contributed by atoms with van der Waals surface area (Å²) in [4.78, 5) is 25.1. The lowest BCUT2D eigenvalue weighted by Gasteiger charge is -2.19. The zero-order chi connectivity index (χ0) is 13.8. The van der Waals surface area contributed by atoms with Crippen LogP contribution in [0.2, 0.25) is 0 Å². The second kappa shape index (κ2) is 5.60. The molecule has 102 valence electrons. The summed E-state index contributed by atoms with van der Waals surface area (Å²) >= 11 is 0. The van der Waals surface area contributed by atoms with E-state index < -0.39 is 0 Å². The summed E-state index contributed by atoms with van der Waals surface area (Å²) in [6.07, 6.45) is 0.722. The van der Waals surface area contributed by atoms with E-state index in [1.165, 1.54) is 24.1 Å². The predicted octanol–water partition coefficient (Wildman–Crippen LogP) is 0.363. The molecule has 1 saturated heterocycles. The van der Waals surface area contributed by atoms with Gasteiger partial charge >= 0.3 is 0 Å². The molecule has 0 radical (unpaired) electrons. The molecular weight excluding hydrogens is 248 g/mol. The number of carbonyl (C=O) groups is 2. The normalized spacial score (nSPS) is 15.6. The SMILES string of the molecule is COc1ccc(C(=O)N2CCCNC(=O)C2)cc1O. The van der Waals surface area contributed by atoms with Crippen molar-refractivity contribution in [1.82, 2.24) is 10.2 Å². The minimum absolute atomic E-state index is 0.0472. The first-order valence-electron chi connectivity index (χ1n) is 6.05. The maximum atomic E-state index is 12.2. The largest absolute Gasteiger partial charge is 0.504 e. The lowest BCUT2D eigenvalue weighted by Crippen LogP contribution is -2.37. The van der Waals surface area contributed by atoms with Crippen LogP contribution in [0.3, 0.4) is 0 Å². The number of nitrogens with one attached hydrogen (secondary N) is 1. The summed E-state index contributed by atoms with van der Waals surface area (Å²) < 4.78 is 4.92.